The summed E-state index contributed by atoms with van der Waals surface area (Å²) in [6.07, 6.45) is 1.79. The summed E-state index contributed by atoms with van der Waals surface area (Å²) in [7, 11) is 3.27. The highest BCUT2D eigenvalue weighted by Gasteiger charge is 2.32. The lowest BCUT2D eigenvalue weighted by atomic mass is 10.0. The van der Waals surface area contributed by atoms with Crippen LogP contribution in [0, 0.1) is 0 Å². The van der Waals surface area contributed by atoms with Crippen LogP contribution in [0.1, 0.15) is 50.0 Å². The molecule has 3 aromatic rings. The lowest BCUT2D eigenvalue weighted by Gasteiger charge is -2.27. The van der Waals surface area contributed by atoms with Crippen molar-refractivity contribution >= 4 is 11.7 Å². The van der Waals surface area contributed by atoms with Gasteiger partial charge in [-0.25, -0.2) is 4.79 Å². The quantitative estimate of drug-likeness (QED) is 0.568. The van der Waals surface area contributed by atoms with E-state index in [1.54, 1.807) is 14.2 Å². The summed E-state index contributed by atoms with van der Waals surface area (Å²) in [6.45, 7) is 4.70. The fourth-order valence-electron chi connectivity index (χ4n) is 3.91. The van der Waals surface area contributed by atoms with E-state index in [-0.39, 0.29) is 18.0 Å². The highest BCUT2D eigenvalue weighted by molar-refractivity contribution is 5.90. The SMILES string of the molecule is COc1ccc(OC)c(C2CCCN2C(=O)Nc2ccc(-c3nc(C(C)C)no3)cc2)c1. The van der Waals surface area contributed by atoms with Gasteiger partial charge in [-0.15, -0.1) is 0 Å². The van der Waals surface area contributed by atoms with Crippen LogP contribution in [0.15, 0.2) is 47.0 Å². The number of hydrogen-bond acceptors (Lipinski definition) is 6. The van der Waals surface area contributed by atoms with E-state index in [2.05, 4.69) is 15.5 Å². The average molecular weight is 437 g/mol. The van der Waals surface area contributed by atoms with Crippen LogP contribution >= 0.6 is 0 Å². The zero-order valence-corrected chi connectivity index (χ0v) is 18.8. The van der Waals surface area contributed by atoms with Gasteiger partial charge in [0.05, 0.1) is 20.3 Å². The van der Waals surface area contributed by atoms with Gasteiger partial charge in [0.15, 0.2) is 5.82 Å². The average Bonchev–Trinajstić information content (AvgIpc) is 3.49. The Morgan fingerprint density at radius 1 is 1.16 bits per heavy atom. The summed E-state index contributed by atoms with van der Waals surface area (Å²) >= 11 is 0. The van der Waals surface area contributed by atoms with Crippen LogP contribution in [-0.4, -0.2) is 41.8 Å². The molecule has 4 rings (SSSR count). The van der Waals surface area contributed by atoms with Gasteiger partial charge >= 0.3 is 6.03 Å². The first-order chi connectivity index (χ1) is 15.5. The topological polar surface area (TPSA) is 89.7 Å². The molecule has 2 aromatic carbocycles. The molecule has 8 nitrogen and oxygen atoms in total. The van der Waals surface area contributed by atoms with Crippen molar-refractivity contribution in [3.8, 4) is 23.0 Å². The number of likely N-dealkylation sites (tertiary alicyclic amines) is 1. The molecular weight excluding hydrogens is 408 g/mol. The van der Waals surface area contributed by atoms with Gasteiger partial charge in [0.2, 0.25) is 0 Å². The van der Waals surface area contributed by atoms with Gasteiger partial charge in [-0.3, -0.25) is 0 Å². The number of aromatic nitrogens is 2. The number of ether oxygens (including phenoxy) is 2. The lowest BCUT2D eigenvalue weighted by Crippen LogP contribution is -2.34. The standard InChI is InChI=1S/C24H28N4O4/c1-15(2)22-26-23(32-27-22)16-7-9-17(10-8-16)25-24(29)28-13-5-6-20(28)19-14-18(30-3)11-12-21(19)31-4/h7-12,14-15,20H,5-6,13H2,1-4H3,(H,25,29). The normalized spacial score (nSPS) is 15.8. The van der Waals surface area contributed by atoms with E-state index in [0.29, 0.717) is 23.9 Å². The van der Waals surface area contributed by atoms with E-state index in [9.17, 15) is 4.79 Å². The third-order valence-corrected chi connectivity index (χ3v) is 5.65. The number of amides is 2. The van der Waals surface area contributed by atoms with Crippen LogP contribution in [0.2, 0.25) is 0 Å². The first-order valence-corrected chi connectivity index (χ1v) is 10.7. The van der Waals surface area contributed by atoms with Gasteiger partial charge in [-0.05, 0) is 55.3 Å². The molecule has 168 valence electrons. The molecule has 0 spiro atoms. The van der Waals surface area contributed by atoms with E-state index in [0.717, 1.165) is 35.5 Å². The third-order valence-electron chi connectivity index (χ3n) is 5.65. The molecule has 8 heteroatoms. The third kappa shape index (κ3) is 4.39. The lowest BCUT2D eigenvalue weighted by molar-refractivity contribution is 0.206. The summed E-state index contributed by atoms with van der Waals surface area (Å²) in [5, 5.41) is 7.00. The van der Waals surface area contributed by atoms with Crippen LogP contribution in [0.3, 0.4) is 0 Å². The number of carbonyl (C=O) groups is 1. The van der Waals surface area contributed by atoms with Crippen molar-refractivity contribution in [2.75, 3.05) is 26.1 Å². The zero-order chi connectivity index (χ0) is 22.7. The van der Waals surface area contributed by atoms with Crippen LogP contribution in [0.4, 0.5) is 10.5 Å². The smallest absolute Gasteiger partial charge is 0.322 e. The number of hydrogen-bond donors (Lipinski definition) is 1. The maximum atomic E-state index is 13.1. The summed E-state index contributed by atoms with van der Waals surface area (Å²) in [4.78, 5) is 19.3. The first-order valence-electron chi connectivity index (χ1n) is 10.7. The van der Waals surface area contributed by atoms with Crippen LogP contribution in [0.25, 0.3) is 11.5 Å². The molecule has 1 fully saturated rings. The monoisotopic (exact) mass is 436 g/mol. The number of methoxy groups -OCH3 is 2. The number of carbonyl (C=O) groups excluding carboxylic acids is 1. The van der Waals surface area contributed by atoms with Crippen molar-refractivity contribution in [3.63, 3.8) is 0 Å². The molecular formula is C24H28N4O4. The molecule has 0 saturated carbocycles. The second-order valence-corrected chi connectivity index (χ2v) is 8.08. The Kier molecular flexibility index (Phi) is 6.30. The largest absolute Gasteiger partial charge is 0.497 e. The van der Waals surface area contributed by atoms with E-state index in [4.69, 9.17) is 14.0 Å². The van der Waals surface area contributed by atoms with E-state index >= 15 is 0 Å². The van der Waals surface area contributed by atoms with Gasteiger partial charge in [0, 0.05) is 29.3 Å². The molecule has 1 unspecified atom stereocenters. The number of benzene rings is 2. The Hall–Kier alpha value is -3.55. The highest BCUT2D eigenvalue weighted by atomic mass is 16.5. The molecule has 1 N–H and O–H groups in total. The Morgan fingerprint density at radius 2 is 1.94 bits per heavy atom. The summed E-state index contributed by atoms with van der Waals surface area (Å²) < 4.78 is 16.3. The maximum absolute atomic E-state index is 13.1. The van der Waals surface area contributed by atoms with Crippen molar-refractivity contribution in [2.45, 2.75) is 38.6 Å². The van der Waals surface area contributed by atoms with Gasteiger partial charge in [-0.1, -0.05) is 19.0 Å². The molecule has 2 heterocycles. The minimum Gasteiger partial charge on any atom is -0.497 e. The van der Waals surface area contributed by atoms with Gasteiger partial charge in [0.1, 0.15) is 11.5 Å². The molecule has 2 amide bonds. The number of urea groups is 1. The minimum atomic E-state index is -0.148. The second-order valence-electron chi connectivity index (χ2n) is 8.08. The van der Waals surface area contributed by atoms with E-state index in [1.165, 1.54) is 0 Å². The number of rotatable bonds is 6. The van der Waals surface area contributed by atoms with Crippen LogP contribution < -0.4 is 14.8 Å². The van der Waals surface area contributed by atoms with Crippen molar-refractivity contribution < 1.29 is 18.8 Å². The Balaban J connectivity index is 1.48. The molecule has 32 heavy (non-hydrogen) atoms. The van der Waals surface area contributed by atoms with Crippen molar-refractivity contribution in [2.24, 2.45) is 0 Å². The fraction of sp³-hybridized carbons (Fsp3) is 0.375. The highest BCUT2D eigenvalue weighted by Crippen LogP contribution is 2.39. The molecule has 1 atom stereocenters. The molecule has 1 aliphatic heterocycles. The second kappa shape index (κ2) is 9.30. The van der Waals surface area contributed by atoms with Gasteiger partial charge in [-0.2, -0.15) is 4.98 Å². The van der Waals surface area contributed by atoms with Crippen molar-refractivity contribution in [1.29, 1.82) is 0 Å². The number of nitrogens with one attached hydrogen (secondary N) is 1. The maximum Gasteiger partial charge on any atom is 0.322 e. The van der Waals surface area contributed by atoms with Crippen molar-refractivity contribution in [1.82, 2.24) is 15.0 Å². The fourth-order valence-corrected chi connectivity index (χ4v) is 3.91. The first kappa shape index (κ1) is 21.7. The predicted octanol–water partition coefficient (Wildman–Crippen LogP) is 5.25. The van der Waals surface area contributed by atoms with E-state index in [1.807, 2.05) is 61.2 Å². The zero-order valence-electron chi connectivity index (χ0n) is 18.8. The molecule has 1 aliphatic rings. The molecule has 1 aromatic heterocycles. The van der Waals surface area contributed by atoms with Crippen LogP contribution in [0.5, 0.6) is 11.5 Å². The number of anilines is 1. The predicted molar refractivity (Wildman–Crippen MR) is 121 cm³/mol. The van der Waals surface area contributed by atoms with Crippen molar-refractivity contribution in [3.05, 3.63) is 53.9 Å². The summed E-state index contributed by atoms with van der Waals surface area (Å²) in [6, 6.07) is 12.9. The van der Waals surface area contributed by atoms with Gasteiger partial charge < -0.3 is 24.2 Å². The Bertz CT molecular complexity index is 1080. The summed E-state index contributed by atoms with van der Waals surface area (Å²) in [5.41, 5.74) is 2.46. The number of nitrogens with zero attached hydrogens (tertiary/aromatic N) is 3. The summed E-state index contributed by atoms with van der Waals surface area (Å²) in [5.74, 6) is 2.83. The Morgan fingerprint density at radius 3 is 2.59 bits per heavy atom. The molecule has 0 bridgehead atoms. The van der Waals surface area contributed by atoms with Gasteiger partial charge in [0.25, 0.3) is 5.89 Å². The van der Waals surface area contributed by atoms with Crippen LogP contribution in [-0.2, 0) is 0 Å². The molecule has 0 aliphatic carbocycles. The molecule has 0 radical (unpaired) electrons. The Labute approximate surface area is 187 Å². The molecule has 1 saturated heterocycles. The minimum absolute atomic E-state index is 0.0767. The van der Waals surface area contributed by atoms with E-state index < -0.39 is 0 Å².